The average Bonchev–Trinajstić information content (AvgIpc) is 2.42. The van der Waals surface area contributed by atoms with E-state index in [-0.39, 0.29) is 11.8 Å². The van der Waals surface area contributed by atoms with Gasteiger partial charge in [0.05, 0.1) is 0 Å². The molecule has 1 atom stereocenters. The van der Waals surface area contributed by atoms with Crippen molar-refractivity contribution in [2.24, 2.45) is 0 Å². The predicted octanol–water partition coefficient (Wildman–Crippen LogP) is 1.49. The third-order valence-electron chi connectivity index (χ3n) is 4.07. The van der Waals surface area contributed by atoms with Crippen LogP contribution in [0.5, 0.6) is 0 Å². The molecule has 1 aromatic heterocycles. The van der Waals surface area contributed by atoms with Crippen LogP contribution in [-0.2, 0) is 16.1 Å². The molecule has 2 amide bonds. The summed E-state index contributed by atoms with van der Waals surface area (Å²) < 4.78 is 0. The van der Waals surface area contributed by atoms with Gasteiger partial charge in [-0.15, -0.1) is 0 Å². The van der Waals surface area contributed by atoms with Gasteiger partial charge in [-0.3, -0.25) is 14.6 Å². The first-order valence-electron chi connectivity index (χ1n) is 6.85. The Hall–Kier alpha value is -1.91. The summed E-state index contributed by atoms with van der Waals surface area (Å²) in [6, 6.07) is 3.73. The molecule has 0 aliphatic carbocycles. The molecule has 1 N–H and O–H groups in total. The number of rotatable bonds is 3. The third kappa shape index (κ3) is 2.28. The summed E-state index contributed by atoms with van der Waals surface area (Å²) >= 11 is 0. The highest BCUT2D eigenvalue weighted by atomic mass is 16.2. The standard InChI is InChI=1S/C15H21N3O2/c1-5-15(4)12(19)17-14(2,3)13(20)18(15)10-11-6-8-16-9-7-11/h6-9H,5,10H2,1-4H3,(H,17,19). The fourth-order valence-electron chi connectivity index (χ4n) is 2.42. The molecule has 1 unspecified atom stereocenters. The number of nitrogens with zero attached hydrogens (tertiary/aromatic N) is 2. The van der Waals surface area contributed by atoms with E-state index in [0.717, 1.165) is 5.56 Å². The molecule has 1 aliphatic heterocycles. The maximum atomic E-state index is 12.7. The smallest absolute Gasteiger partial charge is 0.248 e. The second kappa shape index (κ2) is 4.89. The molecule has 1 saturated heterocycles. The van der Waals surface area contributed by atoms with Gasteiger partial charge in [0.2, 0.25) is 11.8 Å². The number of pyridine rings is 1. The van der Waals surface area contributed by atoms with Gasteiger partial charge in [0, 0.05) is 18.9 Å². The zero-order chi connectivity index (χ0) is 15.0. The van der Waals surface area contributed by atoms with Crippen molar-refractivity contribution in [3.8, 4) is 0 Å². The Morgan fingerprint density at radius 3 is 2.35 bits per heavy atom. The van der Waals surface area contributed by atoms with Crippen molar-refractivity contribution >= 4 is 11.8 Å². The molecule has 5 heteroatoms. The van der Waals surface area contributed by atoms with Crippen LogP contribution in [-0.4, -0.2) is 32.8 Å². The number of nitrogens with one attached hydrogen (secondary N) is 1. The number of amides is 2. The maximum Gasteiger partial charge on any atom is 0.248 e. The van der Waals surface area contributed by atoms with Crippen LogP contribution in [0.2, 0.25) is 0 Å². The van der Waals surface area contributed by atoms with Crippen molar-refractivity contribution in [3.05, 3.63) is 30.1 Å². The molecule has 2 rings (SSSR count). The van der Waals surface area contributed by atoms with Crippen molar-refractivity contribution in [1.29, 1.82) is 0 Å². The quantitative estimate of drug-likeness (QED) is 0.909. The first kappa shape index (κ1) is 14.5. The van der Waals surface area contributed by atoms with E-state index in [1.54, 1.807) is 31.1 Å². The molecule has 0 aromatic carbocycles. The first-order valence-corrected chi connectivity index (χ1v) is 6.85. The molecule has 0 spiro atoms. The Morgan fingerprint density at radius 1 is 1.20 bits per heavy atom. The second-order valence-corrected chi connectivity index (χ2v) is 5.95. The largest absolute Gasteiger partial charge is 0.340 e. The SMILES string of the molecule is CCC1(C)C(=O)NC(C)(C)C(=O)N1Cc1ccncc1. The van der Waals surface area contributed by atoms with Gasteiger partial charge in [-0.25, -0.2) is 0 Å². The minimum Gasteiger partial charge on any atom is -0.340 e. The normalized spacial score (nSPS) is 25.5. The highest BCUT2D eigenvalue weighted by molar-refractivity contribution is 6.01. The van der Waals surface area contributed by atoms with Gasteiger partial charge < -0.3 is 10.2 Å². The Balaban J connectivity index is 2.38. The Kier molecular flexibility index (Phi) is 3.54. The van der Waals surface area contributed by atoms with E-state index in [4.69, 9.17) is 0 Å². The van der Waals surface area contributed by atoms with Crippen molar-refractivity contribution in [3.63, 3.8) is 0 Å². The zero-order valence-electron chi connectivity index (χ0n) is 12.4. The zero-order valence-corrected chi connectivity index (χ0v) is 12.4. The van der Waals surface area contributed by atoms with E-state index in [9.17, 15) is 9.59 Å². The lowest BCUT2D eigenvalue weighted by atomic mass is 9.86. The van der Waals surface area contributed by atoms with Gasteiger partial charge in [-0.2, -0.15) is 0 Å². The average molecular weight is 275 g/mol. The van der Waals surface area contributed by atoms with Crippen LogP contribution in [0, 0.1) is 0 Å². The van der Waals surface area contributed by atoms with Gasteiger partial charge >= 0.3 is 0 Å². The second-order valence-electron chi connectivity index (χ2n) is 5.95. The van der Waals surface area contributed by atoms with Crippen LogP contribution in [0.1, 0.15) is 39.7 Å². The first-order chi connectivity index (χ1) is 9.31. The predicted molar refractivity (Wildman–Crippen MR) is 75.7 cm³/mol. The summed E-state index contributed by atoms with van der Waals surface area (Å²) in [5, 5.41) is 2.82. The minimum absolute atomic E-state index is 0.0572. The van der Waals surface area contributed by atoms with Crippen LogP contribution in [0.25, 0.3) is 0 Å². The lowest BCUT2D eigenvalue weighted by Gasteiger charge is -2.49. The molecule has 0 bridgehead atoms. The summed E-state index contributed by atoms with van der Waals surface area (Å²) in [6.07, 6.45) is 3.96. The van der Waals surface area contributed by atoms with E-state index in [0.29, 0.717) is 13.0 Å². The molecule has 108 valence electrons. The molecule has 1 aromatic rings. The lowest BCUT2D eigenvalue weighted by molar-refractivity contribution is -0.161. The summed E-state index contributed by atoms with van der Waals surface area (Å²) in [4.78, 5) is 30.7. The molecule has 5 nitrogen and oxygen atoms in total. The maximum absolute atomic E-state index is 12.7. The Bertz CT molecular complexity index is 527. The monoisotopic (exact) mass is 275 g/mol. The van der Waals surface area contributed by atoms with Crippen molar-refractivity contribution in [2.45, 2.75) is 51.7 Å². The highest BCUT2D eigenvalue weighted by Crippen LogP contribution is 2.30. The third-order valence-corrected chi connectivity index (χ3v) is 4.07. The number of piperazine rings is 1. The van der Waals surface area contributed by atoms with E-state index in [1.807, 2.05) is 26.0 Å². The van der Waals surface area contributed by atoms with E-state index >= 15 is 0 Å². The fourth-order valence-corrected chi connectivity index (χ4v) is 2.42. The molecule has 20 heavy (non-hydrogen) atoms. The van der Waals surface area contributed by atoms with Crippen LogP contribution in [0.4, 0.5) is 0 Å². The number of hydrogen-bond donors (Lipinski definition) is 1. The molecular weight excluding hydrogens is 254 g/mol. The fraction of sp³-hybridized carbons (Fsp3) is 0.533. The summed E-state index contributed by atoms with van der Waals surface area (Å²) in [6.45, 7) is 7.63. The number of carbonyl (C=O) groups is 2. The van der Waals surface area contributed by atoms with Crippen LogP contribution in [0.3, 0.4) is 0 Å². The molecule has 1 fully saturated rings. The summed E-state index contributed by atoms with van der Waals surface area (Å²) in [5.74, 6) is -0.156. The van der Waals surface area contributed by atoms with E-state index in [1.165, 1.54) is 0 Å². The minimum atomic E-state index is -0.862. The van der Waals surface area contributed by atoms with Crippen LogP contribution < -0.4 is 5.32 Å². The van der Waals surface area contributed by atoms with Crippen LogP contribution >= 0.6 is 0 Å². The Morgan fingerprint density at radius 2 is 1.80 bits per heavy atom. The van der Waals surface area contributed by atoms with Gasteiger partial charge in [0.1, 0.15) is 11.1 Å². The van der Waals surface area contributed by atoms with Gasteiger partial charge in [0.15, 0.2) is 0 Å². The summed E-state index contributed by atoms with van der Waals surface area (Å²) in [5.41, 5.74) is -0.701. The Labute approximate surface area is 119 Å². The van der Waals surface area contributed by atoms with Crippen molar-refractivity contribution in [2.75, 3.05) is 0 Å². The summed E-state index contributed by atoms with van der Waals surface area (Å²) in [7, 11) is 0. The number of carbonyl (C=O) groups excluding carboxylic acids is 2. The highest BCUT2D eigenvalue weighted by Gasteiger charge is 2.51. The van der Waals surface area contributed by atoms with Crippen LogP contribution in [0.15, 0.2) is 24.5 Å². The van der Waals surface area contributed by atoms with Gasteiger partial charge in [0.25, 0.3) is 0 Å². The van der Waals surface area contributed by atoms with Crippen molar-refractivity contribution in [1.82, 2.24) is 15.2 Å². The lowest BCUT2D eigenvalue weighted by Crippen LogP contribution is -2.72. The van der Waals surface area contributed by atoms with E-state index < -0.39 is 11.1 Å². The molecular formula is C15H21N3O2. The topological polar surface area (TPSA) is 62.3 Å². The van der Waals surface area contributed by atoms with Crippen molar-refractivity contribution < 1.29 is 9.59 Å². The van der Waals surface area contributed by atoms with E-state index in [2.05, 4.69) is 10.3 Å². The number of hydrogen-bond acceptors (Lipinski definition) is 3. The van der Waals surface area contributed by atoms with Gasteiger partial charge in [-0.1, -0.05) is 6.92 Å². The number of aromatic nitrogens is 1. The molecule has 0 radical (unpaired) electrons. The molecule has 0 saturated carbocycles. The van der Waals surface area contributed by atoms with Gasteiger partial charge in [-0.05, 0) is 44.9 Å². The molecule has 1 aliphatic rings. The molecule has 2 heterocycles.